The van der Waals surface area contributed by atoms with E-state index in [0.29, 0.717) is 23.8 Å². The Morgan fingerprint density at radius 1 is 1.26 bits per heavy atom. The highest BCUT2D eigenvalue weighted by Crippen LogP contribution is 2.38. The van der Waals surface area contributed by atoms with Crippen molar-refractivity contribution in [1.29, 1.82) is 0 Å². The molecule has 0 unspecified atom stereocenters. The number of nitrogens with zero attached hydrogens (tertiary/aromatic N) is 1. The summed E-state index contributed by atoms with van der Waals surface area (Å²) < 4.78 is 16.2. The van der Waals surface area contributed by atoms with E-state index in [9.17, 15) is 0 Å². The number of oxazole rings is 1. The summed E-state index contributed by atoms with van der Waals surface area (Å²) in [5.41, 5.74) is 1.70. The first-order chi connectivity index (χ1) is 9.31. The molecule has 0 saturated heterocycles. The second kappa shape index (κ2) is 6.24. The van der Waals surface area contributed by atoms with Gasteiger partial charge < -0.3 is 19.2 Å². The molecular formula is C14H18N2O3. The summed E-state index contributed by atoms with van der Waals surface area (Å²) in [6.45, 7) is 3.58. The Kier molecular flexibility index (Phi) is 4.41. The number of benzene rings is 1. The number of ether oxygens (including phenoxy) is 2. The molecule has 1 aromatic carbocycles. The number of hydrogen-bond acceptors (Lipinski definition) is 5. The Morgan fingerprint density at radius 2 is 2.11 bits per heavy atom. The van der Waals surface area contributed by atoms with Crippen LogP contribution in [0, 0.1) is 0 Å². The Hall–Kier alpha value is -2.01. The fourth-order valence-corrected chi connectivity index (χ4v) is 1.92. The van der Waals surface area contributed by atoms with Crippen molar-refractivity contribution < 1.29 is 13.9 Å². The van der Waals surface area contributed by atoms with Gasteiger partial charge in [-0.25, -0.2) is 4.98 Å². The van der Waals surface area contributed by atoms with Crippen LogP contribution < -0.4 is 14.8 Å². The van der Waals surface area contributed by atoms with Crippen molar-refractivity contribution in [2.24, 2.45) is 0 Å². The van der Waals surface area contributed by atoms with Crippen molar-refractivity contribution in [3.63, 3.8) is 0 Å². The van der Waals surface area contributed by atoms with E-state index >= 15 is 0 Å². The first-order valence-electron chi connectivity index (χ1n) is 6.16. The molecule has 0 bridgehead atoms. The Bertz CT molecular complexity index is 537. The van der Waals surface area contributed by atoms with E-state index in [1.54, 1.807) is 14.2 Å². The van der Waals surface area contributed by atoms with Gasteiger partial charge in [-0.15, -0.1) is 0 Å². The molecule has 5 heteroatoms. The van der Waals surface area contributed by atoms with E-state index in [2.05, 4.69) is 10.3 Å². The predicted octanol–water partition coefficient (Wildman–Crippen LogP) is 2.47. The smallest absolute Gasteiger partial charge is 0.181 e. The Labute approximate surface area is 112 Å². The Morgan fingerprint density at radius 3 is 2.79 bits per heavy atom. The zero-order valence-electron chi connectivity index (χ0n) is 11.4. The second-order valence-electron chi connectivity index (χ2n) is 3.95. The zero-order chi connectivity index (χ0) is 13.7. The van der Waals surface area contributed by atoms with Crippen molar-refractivity contribution in [1.82, 2.24) is 10.3 Å². The molecule has 1 N–H and O–H groups in total. The van der Waals surface area contributed by atoms with Gasteiger partial charge in [0.1, 0.15) is 5.69 Å². The number of para-hydroxylation sites is 1. The van der Waals surface area contributed by atoms with E-state index in [0.717, 1.165) is 17.8 Å². The molecule has 0 fully saturated rings. The van der Waals surface area contributed by atoms with Gasteiger partial charge in [0, 0.05) is 6.54 Å². The molecule has 0 aliphatic rings. The van der Waals surface area contributed by atoms with Crippen molar-refractivity contribution in [2.75, 3.05) is 20.8 Å². The topological polar surface area (TPSA) is 56.5 Å². The molecule has 2 rings (SSSR count). The normalized spacial score (nSPS) is 10.5. The molecule has 1 aromatic heterocycles. The molecule has 0 spiro atoms. The third-order valence-corrected chi connectivity index (χ3v) is 2.83. The lowest BCUT2D eigenvalue weighted by Gasteiger charge is -2.11. The minimum absolute atomic E-state index is 0.652. The highest BCUT2D eigenvalue weighted by atomic mass is 16.5. The molecule has 2 aromatic rings. The van der Waals surface area contributed by atoms with Crippen LogP contribution in [-0.4, -0.2) is 25.7 Å². The number of methoxy groups -OCH3 is 2. The molecule has 0 amide bonds. The van der Waals surface area contributed by atoms with E-state index in [1.807, 2.05) is 25.1 Å². The molecular weight excluding hydrogens is 244 g/mol. The maximum Gasteiger partial charge on any atom is 0.181 e. The fourth-order valence-electron chi connectivity index (χ4n) is 1.92. The minimum atomic E-state index is 0.652. The quantitative estimate of drug-likeness (QED) is 0.866. The SMILES string of the molecule is CCNCc1ncoc1-c1cccc(OC)c1OC. The highest BCUT2D eigenvalue weighted by Gasteiger charge is 2.17. The minimum Gasteiger partial charge on any atom is -0.493 e. The van der Waals surface area contributed by atoms with Crippen LogP contribution in [0.15, 0.2) is 29.0 Å². The van der Waals surface area contributed by atoms with Crippen LogP contribution in [0.3, 0.4) is 0 Å². The molecule has 0 atom stereocenters. The van der Waals surface area contributed by atoms with Crippen molar-refractivity contribution in [3.05, 3.63) is 30.3 Å². The van der Waals surface area contributed by atoms with Crippen LogP contribution in [0.1, 0.15) is 12.6 Å². The molecule has 1 heterocycles. The summed E-state index contributed by atoms with van der Waals surface area (Å²) >= 11 is 0. The van der Waals surface area contributed by atoms with Crippen LogP contribution >= 0.6 is 0 Å². The summed E-state index contributed by atoms with van der Waals surface area (Å²) in [6.07, 6.45) is 1.45. The van der Waals surface area contributed by atoms with Gasteiger partial charge in [-0.05, 0) is 18.7 Å². The van der Waals surface area contributed by atoms with Gasteiger partial charge in [-0.3, -0.25) is 0 Å². The van der Waals surface area contributed by atoms with Gasteiger partial charge in [0.2, 0.25) is 0 Å². The lowest BCUT2D eigenvalue weighted by atomic mass is 10.1. The number of aromatic nitrogens is 1. The van der Waals surface area contributed by atoms with Gasteiger partial charge in [-0.2, -0.15) is 0 Å². The molecule has 0 aliphatic carbocycles. The van der Waals surface area contributed by atoms with E-state index in [4.69, 9.17) is 13.9 Å². The standard InChI is InChI=1S/C14H18N2O3/c1-4-15-8-11-13(19-9-16-11)10-6-5-7-12(17-2)14(10)18-3/h5-7,9,15H,4,8H2,1-3H3. The molecule has 0 radical (unpaired) electrons. The molecule has 19 heavy (non-hydrogen) atoms. The van der Waals surface area contributed by atoms with E-state index < -0.39 is 0 Å². The van der Waals surface area contributed by atoms with Gasteiger partial charge >= 0.3 is 0 Å². The molecule has 0 aliphatic heterocycles. The lowest BCUT2D eigenvalue weighted by molar-refractivity contribution is 0.355. The number of nitrogens with one attached hydrogen (secondary N) is 1. The van der Waals surface area contributed by atoms with Gasteiger partial charge in [0.25, 0.3) is 0 Å². The third kappa shape index (κ3) is 2.71. The molecule has 102 valence electrons. The first kappa shape index (κ1) is 13.4. The summed E-state index contributed by atoms with van der Waals surface area (Å²) in [6, 6.07) is 5.68. The first-order valence-corrected chi connectivity index (χ1v) is 6.16. The summed E-state index contributed by atoms with van der Waals surface area (Å²) in [5, 5.41) is 3.23. The maximum atomic E-state index is 5.50. The van der Waals surface area contributed by atoms with Gasteiger partial charge in [-0.1, -0.05) is 13.0 Å². The lowest BCUT2D eigenvalue weighted by Crippen LogP contribution is -2.12. The number of rotatable bonds is 6. The van der Waals surface area contributed by atoms with Crippen LogP contribution in [-0.2, 0) is 6.54 Å². The Balaban J connectivity index is 2.44. The monoisotopic (exact) mass is 262 g/mol. The van der Waals surface area contributed by atoms with Crippen LogP contribution in [0.2, 0.25) is 0 Å². The summed E-state index contributed by atoms with van der Waals surface area (Å²) in [4.78, 5) is 4.24. The fraction of sp³-hybridized carbons (Fsp3) is 0.357. The van der Waals surface area contributed by atoms with Crippen molar-refractivity contribution in [2.45, 2.75) is 13.5 Å². The van der Waals surface area contributed by atoms with Gasteiger partial charge in [0.05, 0.1) is 19.8 Å². The van der Waals surface area contributed by atoms with E-state index in [1.165, 1.54) is 6.39 Å². The largest absolute Gasteiger partial charge is 0.493 e. The molecule has 0 saturated carbocycles. The van der Waals surface area contributed by atoms with Gasteiger partial charge in [0.15, 0.2) is 23.7 Å². The highest BCUT2D eigenvalue weighted by molar-refractivity contribution is 5.71. The van der Waals surface area contributed by atoms with E-state index in [-0.39, 0.29) is 0 Å². The zero-order valence-corrected chi connectivity index (χ0v) is 11.4. The average molecular weight is 262 g/mol. The summed E-state index contributed by atoms with van der Waals surface area (Å²) in [7, 11) is 3.23. The average Bonchev–Trinajstić information content (AvgIpc) is 2.92. The third-order valence-electron chi connectivity index (χ3n) is 2.83. The van der Waals surface area contributed by atoms with Crippen LogP contribution in [0.5, 0.6) is 11.5 Å². The molecule has 5 nitrogen and oxygen atoms in total. The number of hydrogen-bond donors (Lipinski definition) is 1. The van der Waals surface area contributed by atoms with Crippen LogP contribution in [0.25, 0.3) is 11.3 Å². The second-order valence-corrected chi connectivity index (χ2v) is 3.95. The maximum absolute atomic E-state index is 5.50. The van der Waals surface area contributed by atoms with Crippen LogP contribution in [0.4, 0.5) is 0 Å². The van der Waals surface area contributed by atoms with Crippen molar-refractivity contribution in [3.8, 4) is 22.8 Å². The summed E-state index contributed by atoms with van der Waals surface area (Å²) in [5.74, 6) is 2.03. The predicted molar refractivity (Wildman–Crippen MR) is 72.4 cm³/mol. The van der Waals surface area contributed by atoms with Crippen molar-refractivity contribution >= 4 is 0 Å².